The van der Waals surface area contributed by atoms with Crippen LogP contribution in [0, 0.1) is 0 Å². The number of rotatable bonds is 3. The summed E-state index contributed by atoms with van der Waals surface area (Å²) in [6, 6.07) is 22.8. The molecule has 2 atom stereocenters. The van der Waals surface area contributed by atoms with Crippen molar-refractivity contribution in [3.63, 3.8) is 0 Å². The Balaban J connectivity index is 1.20. The summed E-state index contributed by atoms with van der Waals surface area (Å²) in [4.78, 5) is 15.2. The van der Waals surface area contributed by atoms with E-state index in [1.165, 1.54) is 27.8 Å². The zero-order valence-corrected chi connectivity index (χ0v) is 19.5. The molecule has 0 aromatic heterocycles. The average Bonchev–Trinajstić information content (AvgIpc) is 3.30. The van der Waals surface area contributed by atoms with E-state index >= 15 is 0 Å². The van der Waals surface area contributed by atoms with Gasteiger partial charge in [0.1, 0.15) is 6.61 Å². The summed E-state index contributed by atoms with van der Waals surface area (Å²) < 4.78 is 5.95. The summed E-state index contributed by atoms with van der Waals surface area (Å²) in [7, 11) is 0. The Hall–Kier alpha value is -2.75. The molecule has 33 heavy (non-hydrogen) atoms. The minimum atomic E-state index is -0.214. The van der Waals surface area contributed by atoms with E-state index in [1.807, 2.05) is 23.1 Å². The van der Waals surface area contributed by atoms with E-state index in [0.29, 0.717) is 16.7 Å². The highest BCUT2D eigenvalue weighted by atomic mass is 35.5. The van der Waals surface area contributed by atoms with Crippen molar-refractivity contribution in [1.82, 2.24) is 4.90 Å². The molecule has 3 aromatic rings. The van der Waals surface area contributed by atoms with Crippen LogP contribution in [0.5, 0.6) is 0 Å². The number of ether oxygens (including phenoxy) is 1. The molecule has 2 unspecified atom stereocenters. The third-order valence-corrected chi connectivity index (χ3v) is 7.97. The van der Waals surface area contributed by atoms with Gasteiger partial charge in [-0.05, 0) is 64.8 Å². The highest BCUT2D eigenvalue weighted by Gasteiger charge is 2.41. The van der Waals surface area contributed by atoms with Crippen LogP contribution in [0.2, 0.25) is 10.0 Å². The fourth-order valence-corrected chi connectivity index (χ4v) is 5.99. The van der Waals surface area contributed by atoms with Crippen molar-refractivity contribution in [2.45, 2.75) is 37.3 Å². The minimum Gasteiger partial charge on any atom is -0.448 e. The second-order valence-corrected chi connectivity index (χ2v) is 9.85. The number of carbonyl (C=O) groups is 1. The van der Waals surface area contributed by atoms with Crippen LogP contribution in [0.4, 0.5) is 4.79 Å². The summed E-state index contributed by atoms with van der Waals surface area (Å²) in [5, 5.41) is 1.11. The molecular weight excluding hydrogens is 453 g/mol. The molecule has 0 N–H and O–H groups in total. The molecule has 166 valence electrons. The first-order chi connectivity index (χ1) is 16.1. The van der Waals surface area contributed by atoms with Crippen molar-refractivity contribution in [3.8, 4) is 11.1 Å². The van der Waals surface area contributed by atoms with Gasteiger partial charge in [-0.3, -0.25) is 4.90 Å². The predicted molar refractivity (Wildman–Crippen MR) is 133 cm³/mol. The molecule has 2 aliphatic heterocycles. The smallest absolute Gasteiger partial charge is 0.410 e. The molecule has 1 aliphatic carbocycles. The SMILES string of the molecule is O=C(OCC1c2ccccc2-c2ccccc21)N1C2C=C(c3ccc(Cl)c(Cl)c3)CC1CC2. The molecule has 3 aliphatic rings. The van der Waals surface area contributed by atoms with Crippen LogP contribution >= 0.6 is 23.2 Å². The topological polar surface area (TPSA) is 29.5 Å². The molecule has 0 radical (unpaired) electrons. The maximum Gasteiger partial charge on any atom is 0.410 e. The molecule has 3 nitrogen and oxygen atoms in total. The number of halogens is 2. The van der Waals surface area contributed by atoms with Gasteiger partial charge in [0, 0.05) is 12.0 Å². The average molecular weight is 476 g/mol. The van der Waals surface area contributed by atoms with E-state index in [0.717, 1.165) is 24.8 Å². The number of hydrogen-bond acceptors (Lipinski definition) is 2. The predicted octanol–water partition coefficient (Wildman–Crippen LogP) is 7.56. The van der Waals surface area contributed by atoms with E-state index in [2.05, 4.69) is 54.6 Å². The van der Waals surface area contributed by atoms with Crippen LogP contribution < -0.4 is 0 Å². The summed E-state index contributed by atoms with van der Waals surface area (Å²) >= 11 is 12.3. The van der Waals surface area contributed by atoms with E-state index < -0.39 is 0 Å². The van der Waals surface area contributed by atoms with E-state index in [4.69, 9.17) is 27.9 Å². The summed E-state index contributed by atoms with van der Waals surface area (Å²) in [5.74, 6) is 0.0751. The summed E-state index contributed by atoms with van der Waals surface area (Å²) in [5.41, 5.74) is 7.24. The Morgan fingerprint density at radius 1 is 0.909 bits per heavy atom. The Morgan fingerprint density at radius 2 is 1.61 bits per heavy atom. The molecule has 6 rings (SSSR count). The Morgan fingerprint density at radius 3 is 2.27 bits per heavy atom. The number of fused-ring (bicyclic) bond motifs is 5. The molecule has 1 amide bonds. The van der Waals surface area contributed by atoms with Gasteiger partial charge in [0.15, 0.2) is 0 Å². The third kappa shape index (κ3) is 3.55. The maximum absolute atomic E-state index is 13.2. The number of carbonyl (C=O) groups excluding carboxylic acids is 1. The number of amides is 1. The van der Waals surface area contributed by atoms with Crippen LogP contribution in [0.3, 0.4) is 0 Å². The third-order valence-electron chi connectivity index (χ3n) is 7.23. The lowest BCUT2D eigenvalue weighted by atomic mass is 9.95. The lowest BCUT2D eigenvalue weighted by Gasteiger charge is -2.33. The van der Waals surface area contributed by atoms with Gasteiger partial charge in [0.05, 0.1) is 16.1 Å². The lowest BCUT2D eigenvalue weighted by Crippen LogP contribution is -2.43. The molecule has 0 saturated carbocycles. The van der Waals surface area contributed by atoms with Gasteiger partial charge < -0.3 is 4.74 Å². The molecule has 1 saturated heterocycles. The molecule has 5 heteroatoms. The van der Waals surface area contributed by atoms with Crippen molar-refractivity contribution >= 4 is 34.9 Å². The van der Waals surface area contributed by atoms with Crippen LogP contribution in [0.15, 0.2) is 72.8 Å². The first kappa shape index (κ1) is 20.8. The second kappa shape index (κ2) is 8.23. The van der Waals surface area contributed by atoms with Crippen LogP contribution in [0.1, 0.15) is 41.9 Å². The van der Waals surface area contributed by atoms with Crippen molar-refractivity contribution in [2.75, 3.05) is 6.61 Å². The van der Waals surface area contributed by atoms with Gasteiger partial charge in [0.2, 0.25) is 0 Å². The largest absolute Gasteiger partial charge is 0.448 e. The van der Waals surface area contributed by atoms with Crippen molar-refractivity contribution < 1.29 is 9.53 Å². The van der Waals surface area contributed by atoms with Gasteiger partial charge in [0.25, 0.3) is 0 Å². The second-order valence-electron chi connectivity index (χ2n) is 9.03. The molecule has 2 bridgehead atoms. The van der Waals surface area contributed by atoms with Crippen LogP contribution in [0.25, 0.3) is 16.7 Å². The van der Waals surface area contributed by atoms with E-state index in [-0.39, 0.29) is 24.1 Å². The van der Waals surface area contributed by atoms with Crippen molar-refractivity contribution in [3.05, 3.63) is 99.5 Å². The first-order valence-corrected chi connectivity index (χ1v) is 12.1. The first-order valence-electron chi connectivity index (χ1n) is 11.4. The van der Waals surface area contributed by atoms with Crippen molar-refractivity contribution in [2.24, 2.45) is 0 Å². The Bertz CT molecular complexity index is 1240. The summed E-state index contributed by atoms with van der Waals surface area (Å²) in [6.45, 7) is 0.353. The van der Waals surface area contributed by atoms with Crippen molar-refractivity contribution in [1.29, 1.82) is 0 Å². The highest BCUT2D eigenvalue weighted by molar-refractivity contribution is 6.42. The molecule has 3 aromatic carbocycles. The zero-order chi connectivity index (χ0) is 22.5. The summed E-state index contributed by atoms with van der Waals surface area (Å²) in [6.07, 6.45) is 4.73. The Kier molecular flexibility index (Phi) is 5.20. The highest BCUT2D eigenvalue weighted by Crippen LogP contribution is 2.45. The fraction of sp³-hybridized carbons (Fsp3) is 0.250. The maximum atomic E-state index is 13.2. The molecule has 0 spiro atoms. The monoisotopic (exact) mass is 475 g/mol. The van der Waals surface area contributed by atoms with Gasteiger partial charge >= 0.3 is 6.09 Å². The minimum absolute atomic E-state index is 0.0591. The molecular formula is C28H23Cl2NO2. The Labute approximate surface area is 203 Å². The number of nitrogens with zero attached hydrogens (tertiary/aromatic N) is 1. The van der Waals surface area contributed by atoms with Gasteiger partial charge in [-0.25, -0.2) is 4.79 Å². The van der Waals surface area contributed by atoms with Crippen LogP contribution in [-0.2, 0) is 4.74 Å². The van der Waals surface area contributed by atoms with Gasteiger partial charge in [-0.2, -0.15) is 0 Å². The number of benzene rings is 3. The molecule has 2 heterocycles. The quantitative estimate of drug-likeness (QED) is 0.390. The molecule has 1 fully saturated rings. The fourth-order valence-electron chi connectivity index (χ4n) is 5.69. The van der Waals surface area contributed by atoms with E-state index in [1.54, 1.807) is 0 Å². The van der Waals surface area contributed by atoms with Gasteiger partial charge in [-0.15, -0.1) is 0 Å². The zero-order valence-electron chi connectivity index (χ0n) is 18.0. The van der Waals surface area contributed by atoms with Gasteiger partial charge in [-0.1, -0.05) is 83.9 Å². The lowest BCUT2D eigenvalue weighted by molar-refractivity contribution is 0.0866. The standard InChI is InChI=1S/C28H23Cl2NO2/c29-26-12-9-17(15-27(26)30)18-13-19-10-11-20(14-18)31(19)28(32)33-16-25-23-7-3-1-5-21(23)22-6-2-4-8-24(22)25/h1-9,12-13,15,19-20,25H,10-11,14,16H2. The van der Waals surface area contributed by atoms with E-state index in [9.17, 15) is 4.79 Å². The normalized spacial score (nSPS) is 20.9. The number of hydrogen-bond donors (Lipinski definition) is 0. The van der Waals surface area contributed by atoms with Crippen LogP contribution in [-0.4, -0.2) is 29.7 Å².